The number of carbonyl (C=O) groups excluding carboxylic acids is 1. The first kappa shape index (κ1) is 14.5. The van der Waals surface area contributed by atoms with Gasteiger partial charge in [0.25, 0.3) is 0 Å². The lowest BCUT2D eigenvalue weighted by atomic mass is 10.0. The van der Waals surface area contributed by atoms with Crippen LogP contribution in [0.1, 0.15) is 24.2 Å². The van der Waals surface area contributed by atoms with Crippen molar-refractivity contribution in [2.45, 2.75) is 19.6 Å². The summed E-state index contributed by atoms with van der Waals surface area (Å²) in [6.45, 7) is 2.15. The van der Waals surface area contributed by atoms with E-state index >= 15 is 0 Å². The summed E-state index contributed by atoms with van der Waals surface area (Å²) < 4.78 is 15.0. The third-order valence-corrected chi connectivity index (χ3v) is 2.48. The second-order valence-electron chi connectivity index (χ2n) is 3.62. The molecule has 5 nitrogen and oxygen atoms in total. The molecule has 0 fully saturated rings. The number of hydrogen-bond donors (Lipinski definition) is 1. The highest BCUT2D eigenvalue weighted by Crippen LogP contribution is 2.28. The molecule has 1 aromatic carbocycles. The molecule has 100 valence electrons. The van der Waals surface area contributed by atoms with Gasteiger partial charge in [-0.3, -0.25) is 0 Å². The lowest BCUT2D eigenvalue weighted by Gasteiger charge is -2.16. The Bertz CT molecular complexity index is 402. The van der Waals surface area contributed by atoms with Crippen LogP contribution in [0.5, 0.6) is 5.75 Å². The Hall–Kier alpha value is -1.59. The molecule has 18 heavy (non-hydrogen) atoms. The fourth-order valence-electron chi connectivity index (χ4n) is 1.68. The van der Waals surface area contributed by atoms with Crippen LogP contribution in [0.2, 0.25) is 0 Å². The number of benzene rings is 1. The Balaban J connectivity index is 3.10. The Kier molecular flexibility index (Phi) is 5.61. The van der Waals surface area contributed by atoms with Gasteiger partial charge in [-0.2, -0.15) is 0 Å². The minimum absolute atomic E-state index is 0.222. The third-order valence-electron chi connectivity index (χ3n) is 2.48. The molecule has 1 rings (SSSR count). The van der Waals surface area contributed by atoms with Crippen LogP contribution in [0.4, 0.5) is 0 Å². The van der Waals surface area contributed by atoms with Crippen LogP contribution in [0.15, 0.2) is 18.2 Å². The van der Waals surface area contributed by atoms with Gasteiger partial charge in [0.15, 0.2) is 6.10 Å². The van der Waals surface area contributed by atoms with Crippen LogP contribution in [0, 0.1) is 0 Å². The van der Waals surface area contributed by atoms with Crippen molar-refractivity contribution < 1.29 is 24.1 Å². The smallest absolute Gasteiger partial charge is 0.339 e. The monoisotopic (exact) mass is 254 g/mol. The zero-order chi connectivity index (χ0) is 13.5. The van der Waals surface area contributed by atoms with E-state index in [1.165, 1.54) is 14.2 Å². The summed E-state index contributed by atoms with van der Waals surface area (Å²) in [5.41, 5.74) is 1.08. The van der Waals surface area contributed by atoms with Gasteiger partial charge in [0.1, 0.15) is 5.75 Å². The number of aliphatic hydroxyl groups excluding tert-OH is 1. The minimum atomic E-state index is -1.33. The van der Waals surface area contributed by atoms with Gasteiger partial charge in [0.05, 0.1) is 20.3 Å². The van der Waals surface area contributed by atoms with E-state index in [0.29, 0.717) is 16.9 Å². The number of ether oxygens (including phenoxy) is 3. The van der Waals surface area contributed by atoms with E-state index in [1.54, 1.807) is 25.1 Å². The third kappa shape index (κ3) is 3.21. The molecular weight excluding hydrogens is 236 g/mol. The normalized spacial score (nSPS) is 12.0. The van der Waals surface area contributed by atoms with Crippen LogP contribution in [-0.2, 0) is 20.9 Å². The van der Waals surface area contributed by atoms with Gasteiger partial charge in [0.2, 0.25) is 0 Å². The van der Waals surface area contributed by atoms with E-state index in [9.17, 15) is 9.90 Å². The lowest BCUT2D eigenvalue weighted by molar-refractivity contribution is -0.153. The zero-order valence-electron chi connectivity index (χ0n) is 10.8. The number of aliphatic hydroxyl groups is 1. The Morgan fingerprint density at radius 2 is 2.11 bits per heavy atom. The number of rotatable bonds is 6. The molecule has 0 aliphatic heterocycles. The standard InChI is InChI=1S/C13H18O5/c1-4-18-13(15)12(14)9-6-5-7-11(17-3)10(9)8-16-2/h5-7,12,14H,4,8H2,1-3H3. The molecule has 0 aromatic heterocycles. The van der Waals surface area contributed by atoms with Gasteiger partial charge >= 0.3 is 5.97 Å². The molecule has 0 amide bonds. The number of carbonyl (C=O) groups is 1. The molecule has 0 aliphatic carbocycles. The van der Waals surface area contributed by atoms with E-state index in [2.05, 4.69) is 0 Å². The lowest BCUT2D eigenvalue weighted by Crippen LogP contribution is -2.17. The summed E-state index contributed by atoms with van der Waals surface area (Å²) >= 11 is 0. The SMILES string of the molecule is CCOC(=O)C(O)c1cccc(OC)c1COC. The largest absolute Gasteiger partial charge is 0.496 e. The van der Waals surface area contributed by atoms with Gasteiger partial charge in [-0.1, -0.05) is 12.1 Å². The maximum Gasteiger partial charge on any atom is 0.339 e. The number of hydrogen-bond acceptors (Lipinski definition) is 5. The second kappa shape index (κ2) is 6.98. The Morgan fingerprint density at radius 1 is 1.39 bits per heavy atom. The molecule has 1 unspecified atom stereocenters. The summed E-state index contributed by atoms with van der Waals surface area (Å²) in [7, 11) is 3.06. The Morgan fingerprint density at radius 3 is 2.67 bits per heavy atom. The molecule has 0 heterocycles. The molecule has 0 saturated heterocycles. The average Bonchev–Trinajstić information content (AvgIpc) is 2.38. The quantitative estimate of drug-likeness (QED) is 0.778. The molecule has 1 atom stereocenters. The molecule has 1 N–H and O–H groups in total. The maximum absolute atomic E-state index is 11.5. The fourth-order valence-corrected chi connectivity index (χ4v) is 1.68. The number of esters is 1. The molecular formula is C13H18O5. The van der Waals surface area contributed by atoms with Crippen molar-refractivity contribution in [3.8, 4) is 5.75 Å². The van der Waals surface area contributed by atoms with Crippen molar-refractivity contribution >= 4 is 5.97 Å². The highest BCUT2D eigenvalue weighted by molar-refractivity contribution is 5.77. The van der Waals surface area contributed by atoms with Gasteiger partial charge in [0, 0.05) is 18.2 Å². The van der Waals surface area contributed by atoms with Crippen LogP contribution >= 0.6 is 0 Å². The van der Waals surface area contributed by atoms with E-state index in [-0.39, 0.29) is 13.2 Å². The highest BCUT2D eigenvalue weighted by atomic mass is 16.5. The average molecular weight is 254 g/mol. The predicted octanol–water partition coefficient (Wildman–Crippen LogP) is 1.44. The summed E-state index contributed by atoms with van der Waals surface area (Å²) in [6, 6.07) is 5.10. The summed E-state index contributed by atoms with van der Waals surface area (Å²) in [5.74, 6) is -0.110. The molecule has 0 spiro atoms. The number of methoxy groups -OCH3 is 2. The molecule has 0 bridgehead atoms. The topological polar surface area (TPSA) is 65.0 Å². The van der Waals surface area contributed by atoms with E-state index in [1.807, 2.05) is 0 Å². The second-order valence-corrected chi connectivity index (χ2v) is 3.62. The first-order valence-corrected chi connectivity index (χ1v) is 5.65. The van der Waals surface area contributed by atoms with Crippen LogP contribution in [0.25, 0.3) is 0 Å². The van der Waals surface area contributed by atoms with Gasteiger partial charge in [-0.25, -0.2) is 4.79 Å². The highest BCUT2D eigenvalue weighted by Gasteiger charge is 2.23. The Labute approximate surface area is 106 Å². The van der Waals surface area contributed by atoms with Crippen molar-refractivity contribution in [3.05, 3.63) is 29.3 Å². The fraction of sp³-hybridized carbons (Fsp3) is 0.462. The molecule has 0 radical (unpaired) electrons. The van der Waals surface area contributed by atoms with Gasteiger partial charge in [-0.15, -0.1) is 0 Å². The minimum Gasteiger partial charge on any atom is -0.496 e. The van der Waals surface area contributed by atoms with Crippen LogP contribution < -0.4 is 4.74 Å². The zero-order valence-corrected chi connectivity index (χ0v) is 10.8. The van der Waals surface area contributed by atoms with Crippen molar-refractivity contribution in [1.82, 2.24) is 0 Å². The molecule has 0 aliphatic rings. The van der Waals surface area contributed by atoms with E-state index in [4.69, 9.17) is 14.2 Å². The van der Waals surface area contributed by atoms with Crippen molar-refractivity contribution in [1.29, 1.82) is 0 Å². The molecule has 0 saturated carbocycles. The van der Waals surface area contributed by atoms with Crippen LogP contribution in [0.3, 0.4) is 0 Å². The van der Waals surface area contributed by atoms with Crippen molar-refractivity contribution in [3.63, 3.8) is 0 Å². The summed E-state index contributed by atoms with van der Waals surface area (Å²) in [5, 5.41) is 9.96. The predicted molar refractivity (Wildman–Crippen MR) is 65.3 cm³/mol. The van der Waals surface area contributed by atoms with E-state index in [0.717, 1.165) is 0 Å². The first-order chi connectivity index (χ1) is 8.65. The first-order valence-electron chi connectivity index (χ1n) is 5.65. The van der Waals surface area contributed by atoms with Gasteiger partial charge in [-0.05, 0) is 13.0 Å². The van der Waals surface area contributed by atoms with Crippen LogP contribution in [-0.4, -0.2) is 31.9 Å². The van der Waals surface area contributed by atoms with E-state index < -0.39 is 12.1 Å². The van der Waals surface area contributed by atoms with Crippen molar-refractivity contribution in [2.75, 3.05) is 20.8 Å². The van der Waals surface area contributed by atoms with Gasteiger partial charge < -0.3 is 19.3 Å². The summed E-state index contributed by atoms with van der Waals surface area (Å²) in [6.07, 6.45) is -1.33. The summed E-state index contributed by atoms with van der Waals surface area (Å²) in [4.78, 5) is 11.5. The molecule has 5 heteroatoms. The molecule has 1 aromatic rings. The maximum atomic E-state index is 11.5. The van der Waals surface area contributed by atoms with Crippen molar-refractivity contribution in [2.24, 2.45) is 0 Å².